The highest BCUT2D eigenvalue weighted by Crippen LogP contribution is 2.19. The summed E-state index contributed by atoms with van der Waals surface area (Å²) in [6, 6.07) is 7.99. The predicted octanol–water partition coefficient (Wildman–Crippen LogP) is 1.74. The van der Waals surface area contributed by atoms with Crippen molar-refractivity contribution in [1.29, 1.82) is 0 Å². The van der Waals surface area contributed by atoms with Gasteiger partial charge in [-0.05, 0) is 32.0 Å². The first kappa shape index (κ1) is 15.4. The summed E-state index contributed by atoms with van der Waals surface area (Å²) in [6.45, 7) is 7.13. The molecule has 0 aliphatic carbocycles. The number of anilines is 1. The fourth-order valence-electron chi connectivity index (χ4n) is 2.40. The Labute approximate surface area is 126 Å². The van der Waals surface area contributed by atoms with Crippen molar-refractivity contribution < 1.29 is 9.53 Å². The van der Waals surface area contributed by atoms with E-state index in [-0.39, 0.29) is 11.9 Å². The molecule has 0 spiro atoms. The fourth-order valence-corrected chi connectivity index (χ4v) is 2.40. The molecule has 1 heterocycles. The monoisotopic (exact) mass is 286 g/mol. The number of carbonyl (C=O) groups excluding carboxylic acids is 1. The van der Waals surface area contributed by atoms with Crippen molar-refractivity contribution in [3.8, 4) is 12.3 Å². The van der Waals surface area contributed by atoms with E-state index in [4.69, 9.17) is 11.2 Å². The van der Waals surface area contributed by atoms with Crippen LogP contribution < -0.4 is 4.90 Å². The molecule has 0 N–H and O–H groups in total. The Bertz CT molecular complexity index is 528. The molecule has 2 rings (SSSR count). The van der Waals surface area contributed by atoms with Gasteiger partial charge in [-0.3, -0.25) is 4.79 Å². The van der Waals surface area contributed by atoms with Crippen LogP contribution in [0.25, 0.3) is 0 Å². The minimum absolute atomic E-state index is 0.137. The Morgan fingerprint density at radius 2 is 2.14 bits per heavy atom. The van der Waals surface area contributed by atoms with Crippen LogP contribution in [0.3, 0.4) is 0 Å². The zero-order valence-corrected chi connectivity index (χ0v) is 12.7. The lowest BCUT2D eigenvalue weighted by Crippen LogP contribution is -2.47. The van der Waals surface area contributed by atoms with Crippen molar-refractivity contribution in [2.45, 2.75) is 19.9 Å². The quantitative estimate of drug-likeness (QED) is 0.791. The number of amides is 1. The van der Waals surface area contributed by atoms with E-state index in [2.05, 4.69) is 24.7 Å². The number of ether oxygens (including phenoxy) is 1. The second kappa shape index (κ2) is 7.14. The third kappa shape index (κ3) is 3.99. The largest absolute Gasteiger partial charge is 0.378 e. The molecule has 0 saturated carbocycles. The third-order valence-corrected chi connectivity index (χ3v) is 3.64. The molecule has 1 fully saturated rings. The molecule has 1 saturated heterocycles. The van der Waals surface area contributed by atoms with Gasteiger partial charge in [-0.15, -0.1) is 6.42 Å². The summed E-state index contributed by atoms with van der Waals surface area (Å²) in [5.41, 5.74) is 1.82. The van der Waals surface area contributed by atoms with Crippen molar-refractivity contribution in [3.05, 3.63) is 29.8 Å². The van der Waals surface area contributed by atoms with Crippen molar-refractivity contribution >= 4 is 11.6 Å². The van der Waals surface area contributed by atoms with Gasteiger partial charge in [-0.1, -0.05) is 12.0 Å². The van der Waals surface area contributed by atoms with Gasteiger partial charge in [0.05, 0.1) is 19.8 Å². The normalized spacial score (nSPS) is 14.9. The molecule has 0 bridgehead atoms. The number of rotatable bonds is 4. The number of benzene rings is 1. The zero-order valence-electron chi connectivity index (χ0n) is 12.7. The van der Waals surface area contributed by atoms with Gasteiger partial charge < -0.3 is 14.5 Å². The lowest BCUT2D eigenvalue weighted by Gasteiger charge is -2.33. The average molecular weight is 286 g/mol. The molecular formula is C17H22N2O2. The molecule has 0 unspecified atom stereocenters. The maximum absolute atomic E-state index is 12.4. The van der Waals surface area contributed by atoms with E-state index < -0.39 is 0 Å². The van der Waals surface area contributed by atoms with Crippen molar-refractivity contribution in [3.63, 3.8) is 0 Å². The van der Waals surface area contributed by atoms with Crippen molar-refractivity contribution in [1.82, 2.24) is 4.90 Å². The topological polar surface area (TPSA) is 32.8 Å². The highest BCUT2D eigenvalue weighted by atomic mass is 16.5. The first-order valence-electron chi connectivity index (χ1n) is 7.30. The smallest absolute Gasteiger partial charge is 0.242 e. The molecule has 1 aliphatic heterocycles. The van der Waals surface area contributed by atoms with Gasteiger partial charge in [-0.25, -0.2) is 0 Å². The first-order valence-corrected chi connectivity index (χ1v) is 7.30. The molecule has 1 aromatic rings. The minimum Gasteiger partial charge on any atom is -0.378 e. The Morgan fingerprint density at radius 3 is 2.76 bits per heavy atom. The van der Waals surface area contributed by atoms with Crippen molar-refractivity contribution in [2.24, 2.45) is 0 Å². The Morgan fingerprint density at radius 1 is 1.43 bits per heavy atom. The maximum atomic E-state index is 12.4. The van der Waals surface area contributed by atoms with E-state index in [1.165, 1.54) is 0 Å². The summed E-state index contributed by atoms with van der Waals surface area (Å²) in [4.78, 5) is 16.4. The van der Waals surface area contributed by atoms with E-state index in [0.717, 1.165) is 11.3 Å². The third-order valence-electron chi connectivity index (χ3n) is 3.64. The van der Waals surface area contributed by atoms with Crippen LogP contribution in [0.15, 0.2) is 24.3 Å². The van der Waals surface area contributed by atoms with Gasteiger partial charge in [0.15, 0.2) is 0 Å². The Hall–Kier alpha value is -1.99. The second-order valence-electron chi connectivity index (χ2n) is 5.41. The Kier molecular flexibility index (Phi) is 5.24. The molecule has 1 aliphatic rings. The van der Waals surface area contributed by atoms with Crippen LogP contribution in [0.4, 0.5) is 5.69 Å². The van der Waals surface area contributed by atoms with Crippen LogP contribution in [-0.2, 0) is 9.53 Å². The van der Waals surface area contributed by atoms with Gasteiger partial charge in [0.2, 0.25) is 5.91 Å². The molecule has 1 aromatic carbocycles. The van der Waals surface area contributed by atoms with Crippen LogP contribution >= 0.6 is 0 Å². The number of nitrogens with zero attached hydrogens (tertiary/aromatic N) is 2. The highest BCUT2D eigenvalue weighted by molar-refractivity contribution is 5.81. The summed E-state index contributed by atoms with van der Waals surface area (Å²) in [5, 5.41) is 0. The highest BCUT2D eigenvalue weighted by Gasteiger charge is 2.21. The molecule has 0 aromatic heterocycles. The standard InChI is InChI=1S/C17H22N2O2/c1-4-15-6-5-7-16(12-15)19(14(2)3)13-17(20)18-8-10-21-11-9-18/h1,5-7,12,14H,8-11,13H2,2-3H3. The zero-order chi connectivity index (χ0) is 15.2. The summed E-state index contributed by atoms with van der Waals surface area (Å²) in [5.74, 6) is 2.78. The molecule has 112 valence electrons. The van der Waals surface area contributed by atoms with Gasteiger partial charge in [-0.2, -0.15) is 0 Å². The number of hydrogen-bond acceptors (Lipinski definition) is 3. The van der Waals surface area contributed by atoms with Gasteiger partial charge in [0.1, 0.15) is 0 Å². The molecule has 4 heteroatoms. The number of carbonyl (C=O) groups is 1. The second-order valence-corrected chi connectivity index (χ2v) is 5.41. The van der Waals surface area contributed by atoms with Gasteiger partial charge in [0, 0.05) is 30.4 Å². The molecular weight excluding hydrogens is 264 g/mol. The molecule has 21 heavy (non-hydrogen) atoms. The summed E-state index contributed by atoms with van der Waals surface area (Å²) in [6.07, 6.45) is 5.46. The molecule has 0 radical (unpaired) electrons. The van der Waals surface area contributed by atoms with E-state index in [1.807, 2.05) is 29.2 Å². The van der Waals surface area contributed by atoms with Gasteiger partial charge in [0.25, 0.3) is 0 Å². The fraction of sp³-hybridized carbons (Fsp3) is 0.471. The lowest BCUT2D eigenvalue weighted by atomic mass is 10.1. The van der Waals surface area contributed by atoms with Crippen LogP contribution in [0.5, 0.6) is 0 Å². The molecule has 4 nitrogen and oxygen atoms in total. The van der Waals surface area contributed by atoms with Crippen molar-refractivity contribution in [2.75, 3.05) is 37.7 Å². The SMILES string of the molecule is C#Cc1cccc(N(CC(=O)N2CCOCC2)C(C)C)c1. The van der Waals surface area contributed by atoms with Gasteiger partial charge >= 0.3 is 0 Å². The molecule has 0 atom stereocenters. The van der Waals surface area contributed by atoms with E-state index in [9.17, 15) is 4.79 Å². The maximum Gasteiger partial charge on any atom is 0.242 e. The molecule has 1 amide bonds. The number of hydrogen-bond donors (Lipinski definition) is 0. The van der Waals surface area contributed by atoms with Crippen LogP contribution in [0.1, 0.15) is 19.4 Å². The van der Waals surface area contributed by atoms with E-state index >= 15 is 0 Å². The summed E-state index contributed by atoms with van der Waals surface area (Å²) >= 11 is 0. The first-order chi connectivity index (χ1) is 10.1. The lowest BCUT2D eigenvalue weighted by molar-refractivity contribution is -0.133. The minimum atomic E-state index is 0.137. The van der Waals surface area contributed by atoms with E-state index in [0.29, 0.717) is 32.8 Å². The summed E-state index contributed by atoms with van der Waals surface area (Å²) in [7, 11) is 0. The number of morpholine rings is 1. The van der Waals surface area contributed by atoms with Crippen LogP contribution in [0.2, 0.25) is 0 Å². The summed E-state index contributed by atoms with van der Waals surface area (Å²) < 4.78 is 5.29. The number of terminal acetylenes is 1. The van der Waals surface area contributed by atoms with E-state index in [1.54, 1.807) is 0 Å². The Balaban J connectivity index is 2.11. The predicted molar refractivity (Wildman–Crippen MR) is 84.3 cm³/mol. The van der Waals surface area contributed by atoms with Crippen LogP contribution in [-0.4, -0.2) is 49.7 Å². The van der Waals surface area contributed by atoms with Crippen LogP contribution in [0, 0.1) is 12.3 Å². The average Bonchev–Trinajstić information content (AvgIpc) is 2.53.